The first kappa shape index (κ1) is 15.9. The fraction of sp³-hybridized carbons (Fsp3) is 0.421. The number of carbonyl (C=O) groups excluding carboxylic acids is 2. The molecule has 130 valence electrons. The number of hydrogen-bond donors (Lipinski definition) is 0. The van der Waals surface area contributed by atoms with E-state index in [4.69, 9.17) is 4.52 Å². The molecule has 1 aromatic heterocycles. The molecule has 0 N–H and O–H groups in total. The summed E-state index contributed by atoms with van der Waals surface area (Å²) < 4.78 is 4.82. The van der Waals surface area contributed by atoms with Gasteiger partial charge < -0.3 is 14.3 Å². The molecule has 3 heterocycles. The number of likely N-dealkylation sites (tertiary alicyclic amines) is 1. The lowest BCUT2D eigenvalue weighted by Gasteiger charge is -2.19. The van der Waals surface area contributed by atoms with E-state index in [9.17, 15) is 9.59 Å². The Morgan fingerprint density at radius 1 is 1.28 bits per heavy atom. The number of carbonyl (C=O) groups is 2. The molecule has 2 amide bonds. The first-order chi connectivity index (χ1) is 12.2. The number of nitrogens with zero attached hydrogens (tertiary/aromatic N) is 3. The minimum absolute atomic E-state index is 0.0288. The standard InChI is InChI=1S/C19H21N3O3/c23-18-6-3-9-21(18)10-7-14-13-22(17-5-2-1-4-16(14)17)19(24)12-15-8-11-25-20-15/h1-2,4-5,8,11,14H,3,6-7,9-10,12-13H2. The highest BCUT2D eigenvalue weighted by Gasteiger charge is 2.33. The summed E-state index contributed by atoms with van der Waals surface area (Å²) in [5, 5.41) is 3.83. The molecule has 0 aliphatic carbocycles. The van der Waals surface area contributed by atoms with E-state index < -0.39 is 0 Å². The van der Waals surface area contributed by atoms with Crippen molar-refractivity contribution in [2.45, 2.75) is 31.6 Å². The van der Waals surface area contributed by atoms with Crippen molar-refractivity contribution in [1.82, 2.24) is 10.1 Å². The third-order valence-corrected chi connectivity index (χ3v) is 5.11. The van der Waals surface area contributed by atoms with Gasteiger partial charge in [0.1, 0.15) is 6.26 Å². The zero-order valence-corrected chi connectivity index (χ0v) is 14.1. The lowest BCUT2D eigenvalue weighted by Crippen LogP contribution is -2.32. The summed E-state index contributed by atoms with van der Waals surface area (Å²) >= 11 is 0. The van der Waals surface area contributed by atoms with E-state index in [0.717, 1.165) is 31.6 Å². The summed E-state index contributed by atoms with van der Waals surface area (Å²) in [6, 6.07) is 9.78. The molecule has 0 saturated carbocycles. The first-order valence-corrected chi connectivity index (χ1v) is 8.78. The Labute approximate surface area is 146 Å². The van der Waals surface area contributed by atoms with Crippen LogP contribution < -0.4 is 4.90 Å². The van der Waals surface area contributed by atoms with Gasteiger partial charge in [-0.15, -0.1) is 0 Å². The van der Waals surface area contributed by atoms with Crippen LogP contribution in [-0.2, 0) is 16.0 Å². The van der Waals surface area contributed by atoms with Crippen molar-refractivity contribution in [3.05, 3.63) is 47.9 Å². The molecule has 1 fully saturated rings. The maximum atomic E-state index is 12.7. The van der Waals surface area contributed by atoms with Gasteiger partial charge in [0.2, 0.25) is 11.8 Å². The van der Waals surface area contributed by atoms with Crippen molar-refractivity contribution < 1.29 is 14.1 Å². The van der Waals surface area contributed by atoms with Gasteiger partial charge in [-0.05, 0) is 24.5 Å². The molecular weight excluding hydrogens is 318 g/mol. The summed E-state index contributed by atoms with van der Waals surface area (Å²) in [4.78, 5) is 28.3. The molecule has 2 aromatic rings. The van der Waals surface area contributed by atoms with Crippen LogP contribution in [0.15, 0.2) is 41.1 Å². The van der Waals surface area contributed by atoms with Crippen LogP contribution in [0.3, 0.4) is 0 Å². The average molecular weight is 339 g/mol. The summed E-state index contributed by atoms with van der Waals surface area (Å²) in [5.74, 6) is 0.553. The Balaban J connectivity index is 1.47. The van der Waals surface area contributed by atoms with Gasteiger partial charge in [0.25, 0.3) is 0 Å². The van der Waals surface area contributed by atoms with Crippen molar-refractivity contribution in [2.75, 3.05) is 24.5 Å². The zero-order chi connectivity index (χ0) is 17.2. The van der Waals surface area contributed by atoms with E-state index in [1.165, 1.54) is 11.8 Å². The van der Waals surface area contributed by atoms with Gasteiger partial charge in [-0.1, -0.05) is 23.4 Å². The van der Waals surface area contributed by atoms with Crippen LogP contribution in [-0.4, -0.2) is 41.5 Å². The smallest absolute Gasteiger partial charge is 0.233 e. The third-order valence-electron chi connectivity index (χ3n) is 5.11. The van der Waals surface area contributed by atoms with Crippen LogP contribution in [0.2, 0.25) is 0 Å². The van der Waals surface area contributed by atoms with Crippen molar-refractivity contribution >= 4 is 17.5 Å². The van der Waals surface area contributed by atoms with Crippen molar-refractivity contribution in [3.8, 4) is 0 Å². The largest absolute Gasteiger partial charge is 0.364 e. The second kappa shape index (κ2) is 6.70. The molecule has 0 bridgehead atoms. The number of amides is 2. The molecule has 2 aliphatic rings. The number of fused-ring (bicyclic) bond motifs is 1. The van der Waals surface area contributed by atoms with Gasteiger partial charge in [0.05, 0.1) is 12.1 Å². The predicted molar refractivity (Wildman–Crippen MR) is 92.2 cm³/mol. The molecular formula is C19H21N3O3. The first-order valence-electron chi connectivity index (χ1n) is 8.78. The van der Waals surface area contributed by atoms with E-state index in [0.29, 0.717) is 18.7 Å². The monoisotopic (exact) mass is 339 g/mol. The quantitative estimate of drug-likeness (QED) is 0.839. The number of benzene rings is 1. The second-order valence-electron chi connectivity index (χ2n) is 6.70. The number of hydrogen-bond acceptors (Lipinski definition) is 4. The average Bonchev–Trinajstić information content (AvgIpc) is 3.34. The highest BCUT2D eigenvalue weighted by molar-refractivity contribution is 5.96. The SMILES string of the molecule is O=C1CCCN1CCC1CN(C(=O)Cc2ccon2)c2ccccc21. The van der Waals surface area contributed by atoms with Crippen molar-refractivity contribution in [3.63, 3.8) is 0 Å². The van der Waals surface area contributed by atoms with Gasteiger partial charge in [0, 0.05) is 43.7 Å². The van der Waals surface area contributed by atoms with Gasteiger partial charge in [-0.2, -0.15) is 0 Å². The molecule has 0 spiro atoms. The topological polar surface area (TPSA) is 66.7 Å². The van der Waals surface area contributed by atoms with Gasteiger partial charge in [0.15, 0.2) is 0 Å². The summed E-state index contributed by atoms with van der Waals surface area (Å²) in [6.45, 7) is 2.29. The molecule has 25 heavy (non-hydrogen) atoms. The number of rotatable bonds is 5. The Hall–Kier alpha value is -2.63. The molecule has 6 heteroatoms. The Morgan fingerprint density at radius 2 is 2.16 bits per heavy atom. The van der Waals surface area contributed by atoms with Crippen molar-refractivity contribution in [2.24, 2.45) is 0 Å². The summed E-state index contributed by atoms with van der Waals surface area (Å²) in [5.41, 5.74) is 2.82. The van der Waals surface area contributed by atoms with Crippen LogP contribution in [0.25, 0.3) is 0 Å². The fourth-order valence-corrected chi connectivity index (χ4v) is 3.81. The molecule has 1 aromatic carbocycles. The predicted octanol–water partition coefficient (Wildman–Crippen LogP) is 2.36. The molecule has 1 atom stereocenters. The van der Waals surface area contributed by atoms with Gasteiger partial charge in [-0.25, -0.2) is 0 Å². The lowest BCUT2D eigenvalue weighted by atomic mass is 9.98. The van der Waals surface area contributed by atoms with E-state index in [1.54, 1.807) is 6.07 Å². The summed E-state index contributed by atoms with van der Waals surface area (Å²) in [7, 11) is 0. The zero-order valence-electron chi connectivity index (χ0n) is 14.1. The van der Waals surface area contributed by atoms with E-state index >= 15 is 0 Å². The highest BCUT2D eigenvalue weighted by atomic mass is 16.5. The minimum atomic E-state index is 0.0288. The Bertz CT molecular complexity index is 772. The Morgan fingerprint density at radius 3 is 2.92 bits per heavy atom. The number of anilines is 1. The van der Waals surface area contributed by atoms with Crippen LogP contribution in [0.1, 0.15) is 36.4 Å². The lowest BCUT2D eigenvalue weighted by molar-refractivity contribution is -0.127. The molecule has 0 radical (unpaired) electrons. The maximum absolute atomic E-state index is 12.7. The number of para-hydroxylation sites is 1. The molecule has 6 nitrogen and oxygen atoms in total. The van der Waals surface area contributed by atoms with Gasteiger partial charge >= 0.3 is 0 Å². The van der Waals surface area contributed by atoms with Gasteiger partial charge in [-0.3, -0.25) is 9.59 Å². The van der Waals surface area contributed by atoms with Crippen LogP contribution in [0.4, 0.5) is 5.69 Å². The molecule has 1 unspecified atom stereocenters. The second-order valence-corrected chi connectivity index (χ2v) is 6.70. The van der Waals surface area contributed by atoms with Crippen LogP contribution in [0, 0.1) is 0 Å². The van der Waals surface area contributed by atoms with E-state index in [1.807, 2.05) is 28.0 Å². The normalized spacial score (nSPS) is 19.5. The van der Waals surface area contributed by atoms with Crippen molar-refractivity contribution in [1.29, 1.82) is 0 Å². The maximum Gasteiger partial charge on any atom is 0.233 e. The highest BCUT2D eigenvalue weighted by Crippen LogP contribution is 2.38. The number of aromatic nitrogens is 1. The van der Waals surface area contributed by atoms with E-state index in [2.05, 4.69) is 11.2 Å². The summed E-state index contributed by atoms with van der Waals surface area (Å²) in [6.07, 6.45) is 4.24. The Kier molecular flexibility index (Phi) is 4.26. The fourth-order valence-electron chi connectivity index (χ4n) is 3.81. The molecule has 1 saturated heterocycles. The molecule has 4 rings (SSSR count). The third kappa shape index (κ3) is 3.16. The van der Waals surface area contributed by atoms with Crippen LogP contribution >= 0.6 is 0 Å². The minimum Gasteiger partial charge on any atom is -0.364 e. The van der Waals surface area contributed by atoms with E-state index in [-0.39, 0.29) is 24.2 Å². The molecule has 2 aliphatic heterocycles. The van der Waals surface area contributed by atoms with Crippen LogP contribution in [0.5, 0.6) is 0 Å².